The van der Waals surface area contributed by atoms with Crippen molar-refractivity contribution in [2.75, 3.05) is 0 Å². The fourth-order valence-corrected chi connectivity index (χ4v) is 4.40. The Hall–Kier alpha value is -0.820. The van der Waals surface area contributed by atoms with E-state index < -0.39 is 5.60 Å². The van der Waals surface area contributed by atoms with Crippen LogP contribution in [-0.2, 0) is 12.8 Å². The Morgan fingerprint density at radius 2 is 1.44 bits per heavy atom. The SMILES string of the molecule is CC(C)(C)C1(O)C2CCC1Cc1ccccc1C2. The summed E-state index contributed by atoms with van der Waals surface area (Å²) in [7, 11) is 0. The molecule has 0 spiro atoms. The minimum atomic E-state index is -0.494. The number of fused-ring (bicyclic) bond motifs is 3. The first-order valence-electron chi connectivity index (χ1n) is 7.22. The molecule has 2 aliphatic carbocycles. The van der Waals surface area contributed by atoms with Crippen LogP contribution in [0.4, 0.5) is 0 Å². The molecule has 3 rings (SSSR count). The van der Waals surface area contributed by atoms with Gasteiger partial charge in [0.15, 0.2) is 0 Å². The minimum absolute atomic E-state index is 0.0269. The van der Waals surface area contributed by atoms with Crippen molar-refractivity contribution in [3.8, 4) is 0 Å². The zero-order chi connectivity index (χ0) is 13.0. The normalized spacial score (nSPS) is 35.1. The maximum atomic E-state index is 11.4. The van der Waals surface area contributed by atoms with E-state index in [1.807, 2.05) is 0 Å². The quantitative estimate of drug-likeness (QED) is 0.739. The largest absolute Gasteiger partial charge is 0.389 e. The van der Waals surface area contributed by atoms with E-state index in [2.05, 4.69) is 45.0 Å². The molecule has 0 aromatic heterocycles. The van der Waals surface area contributed by atoms with Gasteiger partial charge in [0, 0.05) is 0 Å². The topological polar surface area (TPSA) is 20.2 Å². The van der Waals surface area contributed by atoms with Crippen molar-refractivity contribution in [2.24, 2.45) is 17.3 Å². The van der Waals surface area contributed by atoms with Crippen LogP contribution in [-0.4, -0.2) is 10.7 Å². The van der Waals surface area contributed by atoms with Gasteiger partial charge in [-0.25, -0.2) is 0 Å². The van der Waals surface area contributed by atoms with Crippen LogP contribution in [0.5, 0.6) is 0 Å². The first-order chi connectivity index (χ1) is 8.43. The third-order valence-electron chi connectivity index (χ3n) is 5.36. The highest BCUT2D eigenvalue weighted by molar-refractivity contribution is 5.32. The summed E-state index contributed by atoms with van der Waals surface area (Å²) < 4.78 is 0. The van der Waals surface area contributed by atoms with Crippen molar-refractivity contribution >= 4 is 0 Å². The van der Waals surface area contributed by atoms with Gasteiger partial charge in [-0.2, -0.15) is 0 Å². The van der Waals surface area contributed by atoms with Gasteiger partial charge < -0.3 is 5.11 Å². The van der Waals surface area contributed by atoms with E-state index >= 15 is 0 Å². The Labute approximate surface area is 110 Å². The lowest BCUT2D eigenvalue weighted by Crippen LogP contribution is -2.51. The molecule has 0 radical (unpaired) electrons. The monoisotopic (exact) mass is 244 g/mol. The highest BCUT2D eigenvalue weighted by atomic mass is 16.3. The fourth-order valence-electron chi connectivity index (χ4n) is 4.40. The van der Waals surface area contributed by atoms with Crippen LogP contribution < -0.4 is 0 Å². The molecule has 0 heterocycles. The molecule has 98 valence electrons. The van der Waals surface area contributed by atoms with Gasteiger partial charge in [-0.05, 0) is 54.1 Å². The van der Waals surface area contributed by atoms with Crippen molar-refractivity contribution in [1.82, 2.24) is 0 Å². The first-order valence-corrected chi connectivity index (χ1v) is 7.22. The van der Waals surface area contributed by atoms with Gasteiger partial charge in [-0.15, -0.1) is 0 Å². The van der Waals surface area contributed by atoms with Crippen molar-refractivity contribution in [3.63, 3.8) is 0 Å². The number of rotatable bonds is 0. The van der Waals surface area contributed by atoms with Crippen LogP contribution in [0.1, 0.15) is 44.7 Å². The second-order valence-corrected chi connectivity index (χ2v) is 7.22. The standard InChI is InChI=1S/C17H24O/c1-16(2,3)17(18)14-8-9-15(17)11-13-7-5-4-6-12(13)10-14/h4-7,14-15,18H,8-11H2,1-3H3. The van der Waals surface area contributed by atoms with Gasteiger partial charge in [0.25, 0.3) is 0 Å². The van der Waals surface area contributed by atoms with E-state index in [1.54, 1.807) is 0 Å². The van der Waals surface area contributed by atoms with E-state index in [4.69, 9.17) is 0 Å². The average Bonchev–Trinajstić information content (AvgIpc) is 2.52. The molecule has 2 bridgehead atoms. The molecular weight excluding hydrogens is 220 g/mol. The van der Waals surface area contributed by atoms with Crippen molar-refractivity contribution in [3.05, 3.63) is 35.4 Å². The molecule has 1 N–H and O–H groups in total. The predicted molar refractivity (Wildman–Crippen MR) is 74.5 cm³/mol. The zero-order valence-corrected chi connectivity index (χ0v) is 11.7. The van der Waals surface area contributed by atoms with Gasteiger partial charge in [0.1, 0.15) is 0 Å². The summed E-state index contributed by atoms with van der Waals surface area (Å²) >= 11 is 0. The van der Waals surface area contributed by atoms with Crippen molar-refractivity contribution in [1.29, 1.82) is 0 Å². The molecule has 1 saturated carbocycles. The lowest BCUT2D eigenvalue weighted by molar-refractivity contribution is -0.118. The number of hydrogen-bond acceptors (Lipinski definition) is 1. The molecule has 18 heavy (non-hydrogen) atoms. The number of benzene rings is 1. The maximum Gasteiger partial charge on any atom is 0.0758 e. The Bertz CT molecular complexity index is 422. The molecule has 1 aromatic carbocycles. The summed E-state index contributed by atoms with van der Waals surface area (Å²) in [5.74, 6) is 0.872. The molecule has 2 aliphatic rings. The Balaban J connectivity index is 2.06. The van der Waals surface area contributed by atoms with Crippen molar-refractivity contribution in [2.45, 2.75) is 52.1 Å². The average molecular weight is 244 g/mol. The third-order valence-corrected chi connectivity index (χ3v) is 5.36. The Kier molecular flexibility index (Phi) is 2.60. The molecule has 0 amide bonds. The highest BCUT2D eigenvalue weighted by Gasteiger charge is 2.56. The minimum Gasteiger partial charge on any atom is -0.389 e. The van der Waals surface area contributed by atoms with Gasteiger partial charge in [0.2, 0.25) is 0 Å². The predicted octanol–water partition coefficient (Wildman–Crippen LogP) is 3.59. The summed E-state index contributed by atoms with van der Waals surface area (Å²) in [4.78, 5) is 0. The van der Waals surface area contributed by atoms with Crippen LogP contribution in [0, 0.1) is 17.3 Å². The van der Waals surface area contributed by atoms with Crippen LogP contribution >= 0.6 is 0 Å². The molecule has 0 aliphatic heterocycles. The van der Waals surface area contributed by atoms with E-state index in [9.17, 15) is 5.11 Å². The van der Waals surface area contributed by atoms with E-state index in [-0.39, 0.29) is 5.41 Å². The number of aliphatic hydroxyl groups is 1. The van der Waals surface area contributed by atoms with Crippen LogP contribution in [0.2, 0.25) is 0 Å². The summed E-state index contributed by atoms with van der Waals surface area (Å²) in [6.45, 7) is 6.61. The van der Waals surface area contributed by atoms with Crippen LogP contribution in [0.15, 0.2) is 24.3 Å². The van der Waals surface area contributed by atoms with E-state index in [0.717, 1.165) is 12.8 Å². The smallest absolute Gasteiger partial charge is 0.0758 e. The van der Waals surface area contributed by atoms with Crippen molar-refractivity contribution < 1.29 is 5.11 Å². The zero-order valence-electron chi connectivity index (χ0n) is 11.7. The summed E-state index contributed by atoms with van der Waals surface area (Å²) in [6.07, 6.45) is 4.49. The van der Waals surface area contributed by atoms with E-state index in [1.165, 1.54) is 24.0 Å². The Morgan fingerprint density at radius 1 is 1.00 bits per heavy atom. The lowest BCUT2D eigenvalue weighted by Gasteiger charge is -2.45. The van der Waals surface area contributed by atoms with E-state index in [0.29, 0.717) is 11.8 Å². The van der Waals surface area contributed by atoms with Gasteiger partial charge >= 0.3 is 0 Å². The fraction of sp³-hybridized carbons (Fsp3) is 0.647. The van der Waals surface area contributed by atoms with Gasteiger partial charge in [0.05, 0.1) is 5.60 Å². The first kappa shape index (κ1) is 12.2. The number of hydrogen-bond donors (Lipinski definition) is 1. The molecule has 0 saturated heterocycles. The maximum absolute atomic E-state index is 11.4. The molecule has 1 heteroatoms. The Morgan fingerprint density at radius 3 is 1.83 bits per heavy atom. The summed E-state index contributed by atoms with van der Waals surface area (Å²) in [5.41, 5.74) is 2.41. The second-order valence-electron chi connectivity index (χ2n) is 7.22. The summed E-state index contributed by atoms with van der Waals surface area (Å²) in [5, 5.41) is 11.4. The second kappa shape index (κ2) is 3.84. The summed E-state index contributed by atoms with van der Waals surface area (Å²) in [6, 6.07) is 8.76. The molecular formula is C17H24O. The van der Waals surface area contributed by atoms with Crippen LogP contribution in [0.3, 0.4) is 0 Å². The van der Waals surface area contributed by atoms with Gasteiger partial charge in [-0.3, -0.25) is 0 Å². The molecule has 2 unspecified atom stereocenters. The molecule has 1 nitrogen and oxygen atoms in total. The molecule has 2 atom stereocenters. The lowest BCUT2D eigenvalue weighted by atomic mass is 9.65. The molecule has 1 aromatic rings. The highest BCUT2D eigenvalue weighted by Crippen LogP contribution is 2.54. The third kappa shape index (κ3) is 1.56. The van der Waals surface area contributed by atoms with Gasteiger partial charge in [-0.1, -0.05) is 45.0 Å². The van der Waals surface area contributed by atoms with Crippen LogP contribution in [0.25, 0.3) is 0 Å². The molecule has 1 fully saturated rings.